The lowest BCUT2D eigenvalue weighted by molar-refractivity contribution is -0.385. The Morgan fingerprint density at radius 3 is 2.33 bits per heavy atom. The summed E-state index contributed by atoms with van der Waals surface area (Å²) >= 11 is 0. The van der Waals surface area contributed by atoms with Crippen LogP contribution >= 0.6 is 0 Å². The van der Waals surface area contributed by atoms with Crippen molar-refractivity contribution in [1.82, 2.24) is 0 Å². The summed E-state index contributed by atoms with van der Waals surface area (Å²) in [6.45, 7) is 2.91. The summed E-state index contributed by atoms with van der Waals surface area (Å²) in [7, 11) is 0. The van der Waals surface area contributed by atoms with Gasteiger partial charge in [0.2, 0.25) is 0 Å². The van der Waals surface area contributed by atoms with Gasteiger partial charge >= 0.3 is 11.9 Å². The summed E-state index contributed by atoms with van der Waals surface area (Å²) in [5.74, 6) is -2.13. The maximum absolute atomic E-state index is 12.1. The molecule has 0 radical (unpaired) electrons. The fourth-order valence-electron chi connectivity index (χ4n) is 2.72. The van der Waals surface area contributed by atoms with Gasteiger partial charge in [0.15, 0.2) is 6.10 Å². The Bertz CT molecular complexity index is 832. The van der Waals surface area contributed by atoms with Crippen molar-refractivity contribution in [3.05, 3.63) is 69.8 Å². The van der Waals surface area contributed by atoms with Gasteiger partial charge in [0.05, 0.1) is 17.4 Å². The predicted octanol–water partition coefficient (Wildman–Crippen LogP) is 2.58. The number of nitro benzene ring substituents is 1. The molecule has 0 aliphatic rings. The number of para-hydroxylation sites is 1. The van der Waals surface area contributed by atoms with Crippen molar-refractivity contribution >= 4 is 17.6 Å². The lowest BCUT2D eigenvalue weighted by Crippen LogP contribution is -2.31. The van der Waals surface area contributed by atoms with E-state index in [2.05, 4.69) is 0 Å². The average Bonchev–Trinajstić information content (AvgIpc) is 2.63. The molecule has 1 N–H and O–H groups in total. The molecule has 8 heteroatoms. The predicted molar refractivity (Wildman–Crippen MR) is 95.3 cm³/mol. The van der Waals surface area contributed by atoms with E-state index in [1.54, 1.807) is 13.0 Å². The highest BCUT2D eigenvalue weighted by Gasteiger charge is 2.34. The van der Waals surface area contributed by atoms with E-state index in [4.69, 9.17) is 9.47 Å². The SMILES string of the molecule is CCOC(=O)C(O)C(c1ccc(OC(C)=O)cc1)c1ccccc1[N+](=O)[O-]. The topological polar surface area (TPSA) is 116 Å². The number of carbonyl (C=O) groups is 2. The molecule has 0 saturated carbocycles. The zero-order valence-corrected chi connectivity index (χ0v) is 14.8. The van der Waals surface area contributed by atoms with Gasteiger partial charge in [-0.3, -0.25) is 14.9 Å². The minimum atomic E-state index is -1.65. The van der Waals surface area contributed by atoms with Crippen molar-refractivity contribution in [3.8, 4) is 5.75 Å². The van der Waals surface area contributed by atoms with E-state index in [9.17, 15) is 24.8 Å². The normalized spacial score (nSPS) is 12.7. The Morgan fingerprint density at radius 2 is 1.78 bits per heavy atom. The van der Waals surface area contributed by atoms with Gasteiger partial charge in [0.25, 0.3) is 5.69 Å². The van der Waals surface area contributed by atoms with Gasteiger partial charge in [0, 0.05) is 18.6 Å². The van der Waals surface area contributed by atoms with Crippen molar-refractivity contribution in [3.63, 3.8) is 0 Å². The average molecular weight is 373 g/mol. The summed E-state index contributed by atoms with van der Waals surface area (Å²) in [5, 5.41) is 22.0. The van der Waals surface area contributed by atoms with Gasteiger partial charge in [-0.05, 0) is 24.6 Å². The molecule has 2 atom stereocenters. The highest BCUT2D eigenvalue weighted by Crippen LogP contribution is 2.35. The lowest BCUT2D eigenvalue weighted by atomic mass is 9.85. The van der Waals surface area contributed by atoms with E-state index < -0.39 is 28.9 Å². The minimum Gasteiger partial charge on any atom is -0.464 e. The van der Waals surface area contributed by atoms with Crippen molar-refractivity contribution < 1.29 is 29.1 Å². The van der Waals surface area contributed by atoms with Crippen LogP contribution in [0, 0.1) is 10.1 Å². The Kier molecular flexibility index (Phi) is 6.62. The van der Waals surface area contributed by atoms with Gasteiger partial charge in [-0.1, -0.05) is 30.3 Å². The highest BCUT2D eigenvalue weighted by molar-refractivity contribution is 5.77. The number of rotatable bonds is 7. The highest BCUT2D eigenvalue weighted by atomic mass is 16.6. The number of aliphatic hydroxyl groups is 1. The molecule has 0 heterocycles. The van der Waals surface area contributed by atoms with Gasteiger partial charge in [-0.15, -0.1) is 0 Å². The first-order chi connectivity index (χ1) is 12.8. The second-order valence-corrected chi connectivity index (χ2v) is 5.65. The first-order valence-electron chi connectivity index (χ1n) is 8.21. The molecular weight excluding hydrogens is 354 g/mol. The number of nitrogens with zero attached hydrogens (tertiary/aromatic N) is 1. The van der Waals surface area contributed by atoms with Crippen LogP contribution in [0.25, 0.3) is 0 Å². The fourth-order valence-corrected chi connectivity index (χ4v) is 2.72. The molecule has 27 heavy (non-hydrogen) atoms. The molecule has 0 spiro atoms. The standard InChI is InChI=1S/C19H19NO7/c1-3-26-19(23)18(22)17(15-6-4-5-7-16(15)20(24)25)13-8-10-14(11-9-13)27-12(2)21/h4-11,17-18,22H,3H2,1-2H3. The van der Waals surface area contributed by atoms with Crippen LogP contribution in [-0.2, 0) is 14.3 Å². The number of nitro groups is 1. The Hall–Kier alpha value is -3.26. The number of hydrogen-bond donors (Lipinski definition) is 1. The molecule has 2 aromatic carbocycles. The van der Waals surface area contributed by atoms with Crippen LogP contribution in [0.15, 0.2) is 48.5 Å². The van der Waals surface area contributed by atoms with Crippen LogP contribution in [0.5, 0.6) is 5.75 Å². The summed E-state index contributed by atoms with van der Waals surface area (Å²) in [6.07, 6.45) is -1.65. The van der Waals surface area contributed by atoms with E-state index in [0.29, 0.717) is 5.56 Å². The molecular formula is C19H19NO7. The molecule has 2 rings (SSSR count). The first kappa shape index (κ1) is 20.1. The second-order valence-electron chi connectivity index (χ2n) is 5.65. The molecule has 0 aliphatic carbocycles. The smallest absolute Gasteiger partial charge is 0.335 e. The maximum Gasteiger partial charge on any atom is 0.335 e. The lowest BCUT2D eigenvalue weighted by Gasteiger charge is -2.22. The zero-order valence-electron chi connectivity index (χ0n) is 14.8. The first-order valence-corrected chi connectivity index (χ1v) is 8.21. The quantitative estimate of drug-likeness (QED) is 0.343. The van der Waals surface area contributed by atoms with Crippen molar-refractivity contribution in [2.24, 2.45) is 0 Å². The van der Waals surface area contributed by atoms with Crippen molar-refractivity contribution in [1.29, 1.82) is 0 Å². The fraction of sp³-hybridized carbons (Fsp3) is 0.263. The van der Waals surface area contributed by atoms with Crippen molar-refractivity contribution in [2.75, 3.05) is 6.61 Å². The number of hydrogen-bond acceptors (Lipinski definition) is 7. The second kappa shape index (κ2) is 8.91. The van der Waals surface area contributed by atoms with E-state index in [1.165, 1.54) is 49.4 Å². The van der Waals surface area contributed by atoms with Crippen LogP contribution in [0.4, 0.5) is 5.69 Å². The largest absolute Gasteiger partial charge is 0.464 e. The number of ether oxygens (including phenoxy) is 2. The third-order valence-electron chi connectivity index (χ3n) is 3.81. The van der Waals surface area contributed by atoms with E-state index in [1.807, 2.05) is 0 Å². The molecule has 2 aromatic rings. The molecule has 0 saturated heterocycles. The Balaban J connectivity index is 2.52. The number of aliphatic hydroxyl groups excluding tert-OH is 1. The van der Waals surface area contributed by atoms with Crippen LogP contribution in [-0.4, -0.2) is 34.7 Å². The Morgan fingerprint density at radius 1 is 1.15 bits per heavy atom. The molecule has 0 aliphatic heterocycles. The van der Waals surface area contributed by atoms with E-state index in [-0.39, 0.29) is 23.6 Å². The number of carbonyl (C=O) groups excluding carboxylic acids is 2. The van der Waals surface area contributed by atoms with Gasteiger partial charge < -0.3 is 14.6 Å². The summed E-state index contributed by atoms with van der Waals surface area (Å²) in [5.41, 5.74) is 0.374. The van der Waals surface area contributed by atoms with Gasteiger partial charge in [-0.25, -0.2) is 4.79 Å². The summed E-state index contributed by atoms with van der Waals surface area (Å²) in [4.78, 5) is 34.0. The van der Waals surface area contributed by atoms with E-state index >= 15 is 0 Å². The van der Waals surface area contributed by atoms with Gasteiger partial charge in [0.1, 0.15) is 5.75 Å². The van der Waals surface area contributed by atoms with Crippen molar-refractivity contribution in [2.45, 2.75) is 25.9 Å². The third kappa shape index (κ3) is 4.89. The minimum absolute atomic E-state index is 0.0604. The zero-order chi connectivity index (χ0) is 20.0. The van der Waals surface area contributed by atoms with E-state index in [0.717, 1.165) is 0 Å². The number of esters is 2. The summed E-state index contributed by atoms with van der Waals surface area (Å²) in [6, 6.07) is 11.9. The number of benzene rings is 2. The molecule has 142 valence electrons. The molecule has 0 bridgehead atoms. The van der Waals surface area contributed by atoms with Crippen LogP contribution in [0.3, 0.4) is 0 Å². The Labute approximate surface area is 155 Å². The molecule has 2 unspecified atom stereocenters. The molecule has 0 amide bonds. The van der Waals surface area contributed by atoms with Crippen LogP contribution < -0.4 is 4.74 Å². The monoisotopic (exact) mass is 373 g/mol. The molecule has 0 aromatic heterocycles. The maximum atomic E-state index is 12.1. The summed E-state index contributed by atoms with van der Waals surface area (Å²) < 4.78 is 9.84. The molecule has 8 nitrogen and oxygen atoms in total. The third-order valence-corrected chi connectivity index (χ3v) is 3.81. The van der Waals surface area contributed by atoms with Crippen LogP contribution in [0.2, 0.25) is 0 Å². The van der Waals surface area contributed by atoms with Gasteiger partial charge in [-0.2, -0.15) is 0 Å². The molecule has 0 fully saturated rings. The van der Waals surface area contributed by atoms with Crippen LogP contribution in [0.1, 0.15) is 30.9 Å².